The number of carbonyl (C=O) groups is 2. The number of rotatable bonds is 17. The zero-order valence-corrected chi connectivity index (χ0v) is 25.1. The maximum absolute atomic E-state index is 13.7. The lowest BCUT2D eigenvalue weighted by molar-refractivity contribution is -0.131. The van der Waals surface area contributed by atoms with Crippen LogP contribution >= 0.6 is 0 Å². The molecular weight excluding hydrogens is 526 g/mol. The first-order valence-corrected chi connectivity index (χ1v) is 16.5. The number of furan rings is 1. The number of amides is 1. The average Bonchev–Trinajstić information content (AvgIpc) is 3.28. The van der Waals surface area contributed by atoms with E-state index in [-0.39, 0.29) is 24.1 Å². The Morgan fingerprint density at radius 3 is 2.15 bits per heavy atom. The molecule has 0 aliphatic carbocycles. The first-order chi connectivity index (χ1) is 19.2. The molecule has 1 aromatic heterocycles. The molecule has 0 bridgehead atoms. The van der Waals surface area contributed by atoms with E-state index in [9.17, 15) is 18.0 Å². The van der Waals surface area contributed by atoms with Crippen LogP contribution < -0.4 is 4.74 Å². The van der Waals surface area contributed by atoms with Crippen LogP contribution in [0.2, 0.25) is 0 Å². The lowest BCUT2D eigenvalue weighted by Gasteiger charge is -2.22. The summed E-state index contributed by atoms with van der Waals surface area (Å²) in [6, 6.07) is 12.1. The second kappa shape index (κ2) is 15.0. The number of benzene rings is 2. The molecule has 1 amide bonds. The van der Waals surface area contributed by atoms with Gasteiger partial charge >= 0.3 is 0 Å². The van der Waals surface area contributed by atoms with Gasteiger partial charge in [-0.1, -0.05) is 46.1 Å². The van der Waals surface area contributed by atoms with Gasteiger partial charge in [0.05, 0.1) is 24.3 Å². The molecule has 0 saturated heterocycles. The molecule has 3 rings (SSSR count). The van der Waals surface area contributed by atoms with E-state index in [4.69, 9.17) is 9.15 Å². The number of hydrogen-bond donors (Lipinski definition) is 0. The first-order valence-electron chi connectivity index (χ1n) is 14.4. The van der Waals surface area contributed by atoms with Gasteiger partial charge in [-0.25, -0.2) is 8.42 Å². The Bertz CT molecular complexity index is 1370. The normalized spacial score (nSPS) is 11.6. The predicted octanol–water partition coefficient (Wildman–Crippen LogP) is 6.75. The molecule has 0 aliphatic rings. The molecule has 0 radical (unpaired) electrons. The van der Waals surface area contributed by atoms with Crippen molar-refractivity contribution in [2.75, 3.05) is 26.0 Å². The van der Waals surface area contributed by atoms with Crippen molar-refractivity contribution in [3.63, 3.8) is 0 Å². The quantitative estimate of drug-likeness (QED) is 0.167. The minimum absolute atomic E-state index is 0.102. The predicted molar refractivity (Wildman–Crippen MR) is 160 cm³/mol. The summed E-state index contributed by atoms with van der Waals surface area (Å²) < 4.78 is 35.6. The molecule has 0 N–H and O–H groups in total. The summed E-state index contributed by atoms with van der Waals surface area (Å²) in [5.74, 6) is 1.04. The molecule has 1 heterocycles. The van der Waals surface area contributed by atoms with Gasteiger partial charge in [0.2, 0.25) is 5.91 Å². The SMILES string of the molecule is CCCCc1oc2ccc(CS(C)(=O)=O)cc2c1C(=O)c1ccc(OCCC(=O)N(CCCC)CCCC)cc1. The van der Waals surface area contributed by atoms with Crippen LogP contribution in [0.3, 0.4) is 0 Å². The van der Waals surface area contributed by atoms with Crippen LogP contribution in [-0.2, 0) is 26.8 Å². The molecular formula is C32H43NO6S. The van der Waals surface area contributed by atoms with Crippen LogP contribution in [0.1, 0.15) is 93.0 Å². The number of aryl methyl sites for hydroxylation is 1. The lowest BCUT2D eigenvalue weighted by Crippen LogP contribution is -2.33. The highest BCUT2D eigenvalue weighted by Crippen LogP contribution is 2.31. The number of hydrogen-bond acceptors (Lipinski definition) is 6. The van der Waals surface area contributed by atoms with Crippen molar-refractivity contribution in [1.29, 1.82) is 0 Å². The Hall–Kier alpha value is -3.13. The number of ketones is 1. The number of ether oxygens (including phenoxy) is 1. The van der Waals surface area contributed by atoms with Gasteiger partial charge in [-0.3, -0.25) is 9.59 Å². The molecule has 0 aliphatic heterocycles. The third-order valence-electron chi connectivity index (χ3n) is 6.86. The van der Waals surface area contributed by atoms with Crippen LogP contribution in [0, 0.1) is 0 Å². The van der Waals surface area contributed by atoms with Crippen molar-refractivity contribution < 1.29 is 27.2 Å². The Morgan fingerprint density at radius 2 is 1.55 bits per heavy atom. The van der Waals surface area contributed by atoms with Crippen LogP contribution in [-0.4, -0.2) is 51.0 Å². The lowest BCUT2D eigenvalue weighted by atomic mass is 9.97. The molecule has 0 fully saturated rings. The summed E-state index contributed by atoms with van der Waals surface area (Å²) in [6.45, 7) is 8.16. The van der Waals surface area contributed by atoms with Gasteiger partial charge in [-0.2, -0.15) is 0 Å². The number of nitrogens with zero attached hydrogens (tertiary/aromatic N) is 1. The van der Waals surface area contributed by atoms with E-state index in [0.717, 1.165) is 51.6 Å². The van der Waals surface area contributed by atoms with Crippen molar-refractivity contribution >= 4 is 32.5 Å². The molecule has 0 saturated carbocycles. The van der Waals surface area contributed by atoms with E-state index in [0.29, 0.717) is 52.0 Å². The minimum Gasteiger partial charge on any atom is -0.493 e. The average molecular weight is 570 g/mol. The highest BCUT2D eigenvalue weighted by atomic mass is 32.2. The van der Waals surface area contributed by atoms with Crippen molar-refractivity contribution in [2.24, 2.45) is 0 Å². The standard InChI is InChI=1S/C32H43NO6S/c1-5-8-11-29-31(27-22-24(23-40(4,36)37)12-17-28(27)39-29)32(35)25-13-15-26(16-14-25)38-21-18-30(34)33(19-9-6-2)20-10-7-3/h12-17,22H,5-11,18-21,23H2,1-4H3. The summed E-state index contributed by atoms with van der Waals surface area (Å²) in [7, 11) is -3.22. The Labute approximate surface area is 238 Å². The second-order valence-corrected chi connectivity index (χ2v) is 12.6. The summed E-state index contributed by atoms with van der Waals surface area (Å²) in [5.41, 5.74) is 2.16. The summed E-state index contributed by atoms with van der Waals surface area (Å²) >= 11 is 0. The Kier molecular flexibility index (Phi) is 11.8. The zero-order valence-electron chi connectivity index (χ0n) is 24.3. The summed E-state index contributed by atoms with van der Waals surface area (Å²) in [6.07, 6.45) is 8.04. The molecule has 40 heavy (non-hydrogen) atoms. The monoisotopic (exact) mass is 569 g/mol. The van der Waals surface area contributed by atoms with Crippen molar-refractivity contribution in [3.8, 4) is 5.75 Å². The van der Waals surface area contributed by atoms with Gasteiger partial charge in [0.15, 0.2) is 15.6 Å². The van der Waals surface area contributed by atoms with Gasteiger partial charge in [0, 0.05) is 36.7 Å². The maximum Gasteiger partial charge on any atom is 0.225 e. The van der Waals surface area contributed by atoms with E-state index < -0.39 is 9.84 Å². The molecule has 3 aromatic rings. The van der Waals surface area contributed by atoms with Gasteiger partial charge in [-0.05, 0) is 61.2 Å². The van der Waals surface area contributed by atoms with Gasteiger partial charge in [0.25, 0.3) is 0 Å². The smallest absolute Gasteiger partial charge is 0.225 e. The molecule has 8 heteroatoms. The molecule has 0 unspecified atom stereocenters. The largest absolute Gasteiger partial charge is 0.493 e. The van der Waals surface area contributed by atoms with Crippen LogP contribution in [0.4, 0.5) is 0 Å². The summed E-state index contributed by atoms with van der Waals surface area (Å²) in [5, 5.41) is 0.631. The fourth-order valence-electron chi connectivity index (χ4n) is 4.67. The third-order valence-corrected chi connectivity index (χ3v) is 7.71. The van der Waals surface area contributed by atoms with E-state index in [1.165, 1.54) is 6.26 Å². The number of fused-ring (bicyclic) bond motifs is 1. The molecule has 2 aromatic carbocycles. The van der Waals surface area contributed by atoms with Gasteiger partial charge < -0.3 is 14.1 Å². The van der Waals surface area contributed by atoms with E-state index in [1.807, 2.05) is 4.90 Å². The third kappa shape index (κ3) is 8.95. The van der Waals surface area contributed by atoms with Crippen LogP contribution in [0.25, 0.3) is 11.0 Å². The van der Waals surface area contributed by atoms with Crippen LogP contribution in [0.5, 0.6) is 5.75 Å². The number of carbonyl (C=O) groups excluding carboxylic acids is 2. The fraction of sp³-hybridized carbons (Fsp3) is 0.500. The van der Waals surface area contributed by atoms with E-state index in [2.05, 4.69) is 20.8 Å². The molecule has 0 atom stereocenters. The first kappa shape index (κ1) is 31.4. The van der Waals surface area contributed by atoms with Gasteiger partial charge in [0.1, 0.15) is 17.1 Å². The van der Waals surface area contributed by atoms with Crippen LogP contribution in [0.15, 0.2) is 46.9 Å². The van der Waals surface area contributed by atoms with E-state index in [1.54, 1.807) is 42.5 Å². The fourth-order valence-corrected chi connectivity index (χ4v) is 5.46. The van der Waals surface area contributed by atoms with Crippen molar-refractivity contribution in [3.05, 3.63) is 64.9 Å². The maximum atomic E-state index is 13.7. The minimum atomic E-state index is -3.22. The topological polar surface area (TPSA) is 93.9 Å². The number of unbranched alkanes of at least 4 members (excludes halogenated alkanes) is 3. The zero-order chi connectivity index (χ0) is 29.1. The van der Waals surface area contributed by atoms with Crippen molar-refractivity contribution in [2.45, 2.75) is 77.9 Å². The van der Waals surface area contributed by atoms with Gasteiger partial charge in [-0.15, -0.1) is 0 Å². The Morgan fingerprint density at radius 1 is 0.900 bits per heavy atom. The molecule has 0 spiro atoms. The highest BCUT2D eigenvalue weighted by Gasteiger charge is 2.23. The van der Waals surface area contributed by atoms with Crippen molar-refractivity contribution in [1.82, 2.24) is 4.90 Å². The second-order valence-electron chi connectivity index (χ2n) is 10.4. The highest BCUT2D eigenvalue weighted by molar-refractivity contribution is 7.89. The molecule has 218 valence electrons. The summed E-state index contributed by atoms with van der Waals surface area (Å²) in [4.78, 5) is 28.3. The molecule has 7 nitrogen and oxygen atoms in total. The Balaban J connectivity index is 1.74. The van der Waals surface area contributed by atoms with E-state index >= 15 is 0 Å². The number of sulfone groups is 1.